The summed E-state index contributed by atoms with van der Waals surface area (Å²) in [6, 6.07) is 6.87. The summed E-state index contributed by atoms with van der Waals surface area (Å²) in [6.07, 6.45) is 0. The van der Waals surface area contributed by atoms with Gasteiger partial charge in [0.05, 0.1) is 17.7 Å². The molecule has 0 radical (unpaired) electrons. The van der Waals surface area contributed by atoms with Crippen LogP contribution >= 0.6 is 15.9 Å². The van der Waals surface area contributed by atoms with Crippen LogP contribution in [0.5, 0.6) is 0 Å². The molecule has 14 heavy (non-hydrogen) atoms. The minimum absolute atomic E-state index is 0.321. The number of benzene rings is 1. The van der Waals surface area contributed by atoms with E-state index in [9.17, 15) is 4.79 Å². The number of hydrogen-bond acceptors (Lipinski definition) is 3. The molecule has 0 aromatic heterocycles. The Labute approximate surface area is 90.4 Å². The third kappa shape index (κ3) is 2.12. The molecule has 0 unspecified atom stereocenters. The maximum atomic E-state index is 11.4. The number of ether oxygens (including phenoxy) is 1. The van der Waals surface area contributed by atoms with Crippen LogP contribution in [0.4, 0.5) is 0 Å². The predicted octanol–water partition coefficient (Wildman–Crippen LogP) is 2.50. The lowest BCUT2D eigenvalue weighted by molar-refractivity contribution is 0.0525. The maximum absolute atomic E-state index is 11.4. The fourth-order valence-electron chi connectivity index (χ4n) is 0.985. The van der Waals surface area contributed by atoms with Gasteiger partial charge in [0.1, 0.15) is 6.07 Å². The molecule has 0 atom stereocenters. The van der Waals surface area contributed by atoms with Gasteiger partial charge >= 0.3 is 5.97 Å². The van der Waals surface area contributed by atoms with Gasteiger partial charge in [-0.25, -0.2) is 4.79 Å². The Hall–Kier alpha value is -1.34. The SMILES string of the molecule is CCOC(=O)c1cccc(C#N)c1Br. The third-order valence-electron chi connectivity index (χ3n) is 1.61. The molecule has 0 saturated carbocycles. The van der Waals surface area contributed by atoms with Crippen molar-refractivity contribution in [3.05, 3.63) is 33.8 Å². The van der Waals surface area contributed by atoms with E-state index >= 15 is 0 Å². The van der Waals surface area contributed by atoms with Crippen molar-refractivity contribution in [2.45, 2.75) is 6.92 Å². The molecule has 1 rings (SSSR count). The van der Waals surface area contributed by atoms with Crippen LogP contribution < -0.4 is 0 Å². The quantitative estimate of drug-likeness (QED) is 0.762. The molecule has 0 heterocycles. The molecule has 72 valence electrons. The zero-order valence-electron chi connectivity index (χ0n) is 7.58. The topological polar surface area (TPSA) is 50.1 Å². The summed E-state index contributed by atoms with van der Waals surface area (Å²) in [7, 11) is 0. The Morgan fingerprint density at radius 2 is 2.36 bits per heavy atom. The fourth-order valence-corrected chi connectivity index (χ4v) is 1.50. The second-order valence-corrected chi connectivity index (χ2v) is 3.29. The van der Waals surface area contributed by atoms with Crippen LogP contribution in [0.15, 0.2) is 22.7 Å². The van der Waals surface area contributed by atoms with Crippen molar-refractivity contribution < 1.29 is 9.53 Å². The monoisotopic (exact) mass is 253 g/mol. The number of hydrogen-bond donors (Lipinski definition) is 0. The maximum Gasteiger partial charge on any atom is 0.339 e. The lowest BCUT2D eigenvalue weighted by atomic mass is 10.1. The molecule has 0 spiro atoms. The van der Waals surface area contributed by atoms with Crippen molar-refractivity contribution in [3.63, 3.8) is 0 Å². The van der Waals surface area contributed by atoms with Gasteiger partial charge in [-0.2, -0.15) is 5.26 Å². The third-order valence-corrected chi connectivity index (χ3v) is 2.47. The molecule has 4 heteroatoms. The van der Waals surface area contributed by atoms with Crippen LogP contribution in [0.2, 0.25) is 0 Å². The Balaban J connectivity index is 3.11. The summed E-state index contributed by atoms with van der Waals surface area (Å²) >= 11 is 3.19. The number of carbonyl (C=O) groups excluding carboxylic acids is 1. The molecular formula is C10H8BrNO2. The Morgan fingerprint density at radius 3 is 2.93 bits per heavy atom. The minimum atomic E-state index is -0.420. The summed E-state index contributed by atoms with van der Waals surface area (Å²) in [5, 5.41) is 8.72. The van der Waals surface area contributed by atoms with E-state index in [4.69, 9.17) is 10.00 Å². The number of carbonyl (C=O) groups is 1. The van der Waals surface area contributed by atoms with E-state index in [2.05, 4.69) is 15.9 Å². The van der Waals surface area contributed by atoms with Crippen molar-refractivity contribution in [1.82, 2.24) is 0 Å². The fraction of sp³-hybridized carbons (Fsp3) is 0.200. The van der Waals surface area contributed by atoms with Gasteiger partial charge in [-0.1, -0.05) is 6.07 Å². The van der Waals surface area contributed by atoms with Crippen molar-refractivity contribution >= 4 is 21.9 Å². The van der Waals surface area contributed by atoms with Gasteiger partial charge in [-0.15, -0.1) is 0 Å². The molecular weight excluding hydrogens is 246 g/mol. The van der Waals surface area contributed by atoms with E-state index in [0.717, 1.165) is 0 Å². The molecule has 3 nitrogen and oxygen atoms in total. The largest absolute Gasteiger partial charge is 0.462 e. The summed E-state index contributed by atoms with van der Waals surface area (Å²) in [5.41, 5.74) is 0.807. The average molecular weight is 254 g/mol. The van der Waals surface area contributed by atoms with Crippen molar-refractivity contribution in [2.75, 3.05) is 6.61 Å². The molecule has 0 fully saturated rings. The van der Waals surface area contributed by atoms with Crippen LogP contribution in [0.25, 0.3) is 0 Å². The van der Waals surface area contributed by atoms with Crippen LogP contribution in [-0.2, 0) is 4.74 Å². The number of esters is 1. The summed E-state index contributed by atoms with van der Waals surface area (Å²) < 4.78 is 5.32. The average Bonchev–Trinajstić information content (AvgIpc) is 2.18. The molecule has 0 aliphatic carbocycles. The lowest BCUT2D eigenvalue weighted by Gasteiger charge is -2.04. The zero-order chi connectivity index (χ0) is 10.6. The first-order valence-corrected chi connectivity index (χ1v) is 4.85. The minimum Gasteiger partial charge on any atom is -0.462 e. The van der Waals surface area contributed by atoms with E-state index in [1.165, 1.54) is 0 Å². The smallest absolute Gasteiger partial charge is 0.339 e. The zero-order valence-corrected chi connectivity index (χ0v) is 9.17. The predicted molar refractivity (Wildman–Crippen MR) is 54.8 cm³/mol. The highest BCUT2D eigenvalue weighted by Crippen LogP contribution is 2.21. The molecule has 0 amide bonds. The number of rotatable bonds is 2. The van der Waals surface area contributed by atoms with Crippen molar-refractivity contribution in [2.24, 2.45) is 0 Å². The molecule has 0 aliphatic heterocycles. The van der Waals surface area contributed by atoms with Crippen molar-refractivity contribution in [3.8, 4) is 6.07 Å². The van der Waals surface area contributed by atoms with Gasteiger partial charge in [-0.3, -0.25) is 0 Å². The van der Waals surface area contributed by atoms with Crippen LogP contribution in [0, 0.1) is 11.3 Å². The second-order valence-electron chi connectivity index (χ2n) is 2.50. The first-order chi connectivity index (χ1) is 6.70. The highest BCUT2D eigenvalue weighted by atomic mass is 79.9. The van der Waals surface area contributed by atoms with Gasteiger partial charge in [-0.05, 0) is 35.0 Å². The second kappa shape index (κ2) is 4.77. The molecule has 1 aromatic carbocycles. The van der Waals surface area contributed by atoms with E-state index in [1.54, 1.807) is 25.1 Å². The Morgan fingerprint density at radius 1 is 1.64 bits per heavy atom. The van der Waals surface area contributed by atoms with Gasteiger partial charge in [0, 0.05) is 4.47 Å². The summed E-state index contributed by atoms with van der Waals surface area (Å²) in [6.45, 7) is 2.06. The van der Waals surface area contributed by atoms with Crippen LogP contribution in [0.3, 0.4) is 0 Å². The summed E-state index contributed by atoms with van der Waals surface area (Å²) in [5.74, 6) is -0.420. The highest BCUT2D eigenvalue weighted by Gasteiger charge is 2.13. The standard InChI is InChI=1S/C10H8BrNO2/c1-2-14-10(13)8-5-3-4-7(6-12)9(8)11/h3-5H,2H2,1H3. The van der Waals surface area contributed by atoms with Gasteiger partial charge < -0.3 is 4.74 Å². The number of nitriles is 1. The molecule has 0 bridgehead atoms. The molecule has 0 N–H and O–H groups in total. The van der Waals surface area contributed by atoms with Gasteiger partial charge in [0.25, 0.3) is 0 Å². The summed E-state index contributed by atoms with van der Waals surface area (Å²) in [4.78, 5) is 11.4. The first-order valence-electron chi connectivity index (χ1n) is 4.06. The van der Waals surface area contributed by atoms with Crippen molar-refractivity contribution in [1.29, 1.82) is 5.26 Å². The normalized spacial score (nSPS) is 9.21. The first kappa shape index (κ1) is 10.7. The molecule has 0 saturated heterocycles. The van der Waals surface area contributed by atoms with E-state index in [-0.39, 0.29) is 0 Å². The Kier molecular flexibility index (Phi) is 3.66. The molecule has 0 aliphatic rings. The van der Waals surface area contributed by atoms with Gasteiger partial charge in [0.2, 0.25) is 0 Å². The van der Waals surface area contributed by atoms with E-state index in [0.29, 0.717) is 22.2 Å². The van der Waals surface area contributed by atoms with E-state index in [1.807, 2.05) is 6.07 Å². The highest BCUT2D eigenvalue weighted by molar-refractivity contribution is 9.10. The Bertz CT molecular complexity index is 396. The number of halogens is 1. The van der Waals surface area contributed by atoms with Crippen LogP contribution in [0.1, 0.15) is 22.8 Å². The number of nitrogens with zero attached hydrogens (tertiary/aromatic N) is 1. The van der Waals surface area contributed by atoms with Crippen LogP contribution in [-0.4, -0.2) is 12.6 Å². The molecule has 1 aromatic rings. The van der Waals surface area contributed by atoms with Gasteiger partial charge in [0.15, 0.2) is 0 Å². The van der Waals surface area contributed by atoms with E-state index < -0.39 is 5.97 Å². The lowest BCUT2D eigenvalue weighted by Crippen LogP contribution is -2.05.